The van der Waals surface area contributed by atoms with Crippen LogP contribution in [0.1, 0.15) is 64.7 Å². The first-order chi connectivity index (χ1) is 6.81. The standard InChI is InChI=1S/C13H24O/c1-3-5-6-7-8-9-10-12-13(14)11-4-2/h2,13-14H,3,5-12H2,1H3/t13-/m0/s1. The van der Waals surface area contributed by atoms with E-state index in [1.807, 2.05) is 0 Å². The van der Waals surface area contributed by atoms with Gasteiger partial charge in [0.1, 0.15) is 0 Å². The predicted molar refractivity (Wildman–Crippen MR) is 62.1 cm³/mol. The van der Waals surface area contributed by atoms with E-state index in [9.17, 15) is 5.11 Å². The van der Waals surface area contributed by atoms with Crippen LogP contribution >= 0.6 is 0 Å². The molecule has 0 aliphatic carbocycles. The Kier molecular flexibility index (Phi) is 10.2. The fraction of sp³-hybridized carbons (Fsp3) is 0.846. The quantitative estimate of drug-likeness (QED) is 0.442. The first-order valence-electron chi connectivity index (χ1n) is 5.92. The van der Waals surface area contributed by atoms with Gasteiger partial charge in [0, 0.05) is 6.42 Å². The van der Waals surface area contributed by atoms with Crippen LogP contribution in [0.15, 0.2) is 0 Å². The van der Waals surface area contributed by atoms with E-state index in [0.29, 0.717) is 6.42 Å². The molecule has 0 saturated carbocycles. The van der Waals surface area contributed by atoms with Crippen molar-refractivity contribution in [1.82, 2.24) is 0 Å². The van der Waals surface area contributed by atoms with Crippen molar-refractivity contribution in [2.45, 2.75) is 70.8 Å². The molecule has 14 heavy (non-hydrogen) atoms. The molecule has 0 amide bonds. The molecule has 1 heteroatoms. The minimum absolute atomic E-state index is 0.268. The van der Waals surface area contributed by atoms with Crippen LogP contribution in [0.2, 0.25) is 0 Å². The SMILES string of the molecule is C#CC[C@H](O)CCCCCCCCC. The molecule has 0 aliphatic heterocycles. The molecule has 0 aromatic carbocycles. The molecule has 0 aromatic heterocycles. The van der Waals surface area contributed by atoms with E-state index < -0.39 is 0 Å². The lowest BCUT2D eigenvalue weighted by atomic mass is 10.1. The topological polar surface area (TPSA) is 20.2 Å². The van der Waals surface area contributed by atoms with E-state index in [4.69, 9.17) is 6.42 Å². The molecule has 0 heterocycles. The van der Waals surface area contributed by atoms with Crippen molar-refractivity contribution in [3.05, 3.63) is 0 Å². The van der Waals surface area contributed by atoms with Crippen molar-refractivity contribution in [2.24, 2.45) is 0 Å². The summed E-state index contributed by atoms with van der Waals surface area (Å²) in [7, 11) is 0. The summed E-state index contributed by atoms with van der Waals surface area (Å²) in [5, 5.41) is 9.35. The maximum atomic E-state index is 9.35. The van der Waals surface area contributed by atoms with E-state index in [1.165, 1.54) is 38.5 Å². The van der Waals surface area contributed by atoms with Gasteiger partial charge in [-0.3, -0.25) is 0 Å². The van der Waals surface area contributed by atoms with Crippen LogP contribution in [-0.2, 0) is 0 Å². The van der Waals surface area contributed by atoms with Crippen LogP contribution < -0.4 is 0 Å². The van der Waals surface area contributed by atoms with Crippen LogP contribution in [0, 0.1) is 12.3 Å². The third-order valence-electron chi connectivity index (χ3n) is 2.49. The summed E-state index contributed by atoms with van der Waals surface area (Å²) in [6, 6.07) is 0. The monoisotopic (exact) mass is 196 g/mol. The van der Waals surface area contributed by atoms with E-state index in [2.05, 4.69) is 12.8 Å². The summed E-state index contributed by atoms with van der Waals surface area (Å²) >= 11 is 0. The van der Waals surface area contributed by atoms with Crippen LogP contribution in [0.4, 0.5) is 0 Å². The molecule has 82 valence electrons. The van der Waals surface area contributed by atoms with E-state index >= 15 is 0 Å². The minimum Gasteiger partial charge on any atom is -0.392 e. The fourth-order valence-corrected chi connectivity index (χ4v) is 1.58. The smallest absolute Gasteiger partial charge is 0.0649 e. The number of hydrogen-bond donors (Lipinski definition) is 1. The van der Waals surface area contributed by atoms with Crippen LogP contribution in [0.25, 0.3) is 0 Å². The Bertz CT molecular complexity index is 146. The third kappa shape index (κ3) is 9.61. The van der Waals surface area contributed by atoms with Crippen molar-refractivity contribution in [2.75, 3.05) is 0 Å². The number of hydrogen-bond acceptors (Lipinski definition) is 1. The second-order valence-electron chi connectivity index (χ2n) is 3.97. The first-order valence-corrected chi connectivity index (χ1v) is 5.92. The maximum Gasteiger partial charge on any atom is 0.0649 e. The molecule has 0 spiro atoms. The summed E-state index contributed by atoms with van der Waals surface area (Å²) in [5.41, 5.74) is 0. The first kappa shape index (κ1) is 13.5. The number of aliphatic hydroxyl groups excluding tert-OH is 1. The predicted octanol–water partition coefficient (Wildman–Crippen LogP) is 3.51. The van der Waals surface area contributed by atoms with Crippen molar-refractivity contribution in [3.63, 3.8) is 0 Å². The molecule has 1 N–H and O–H groups in total. The van der Waals surface area contributed by atoms with Crippen LogP contribution in [0.5, 0.6) is 0 Å². The highest BCUT2D eigenvalue weighted by Crippen LogP contribution is 2.10. The highest BCUT2D eigenvalue weighted by Gasteiger charge is 2.00. The summed E-state index contributed by atoms with van der Waals surface area (Å²) in [6.45, 7) is 2.23. The van der Waals surface area contributed by atoms with Gasteiger partial charge in [-0.15, -0.1) is 12.3 Å². The van der Waals surface area contributed by atoms with Gasteiger partial charge in [-0.05, 0) is 6.42 Å². The van der Waals surface area contributed by atoms with Crippen molar-refractivity contribution in [1.29, 1.82) is 0 Å². The largest absolute Gasteiger partial charge is 0.392 e. The lowest BCUT2D eigenvalue weighted by Gasteiger charge is -2.06. The normalized spacial score (nSPS) is 12.4. The van der Waals surface area contributed by atoms with Crippen molar-refractivity contribution >= 4 is 0 Å². The molecule has 1 atom stereocenters. The van der Waals surface area contributed by atoms with Gasteiger partial charge in [0.05, 0.1) is 6.10 Å². The molecular weight excluding hydrogens is 172 g/mol. The molecule has 0 aromatic rings. The molecule has 0 fully saturated rings. The molecule has 0 radical (unpaired) electrons. The second kappa shape index (κ2) is 10.6. The highest BCUT2D eigenvalue weighted by atomic mass is 16.3. The average molecular weight is 196 g/mol. The molecule has 0 aliphatic rings. The summed E-state index contributed by atoms with van der Waals surface area (Å²) in [6.07, 6.45) is 15.3. The Morgan fingerprint density at radius 2 is 1.64 bits per heavy atom. The molecule has 1 nitrogen and oxygen atoms in total. The van der Waals surface area contributed by atoms with Gasteiger partial charge in [0.2, 0.25) is 0 Å². The van der Waals surface area contributed by atoms with E-state index in [-0.39, 0.29) is 6.10 Å². The summed E-state index contributed by atoms with van der Waals surface area (Å²) < 4.78 is 0. The Balaban J connectivity index is 3.02. The van der Waals surface area contributed by atoms with E-state index in [0.717, 1.165) is 12.8 Å². The zero-order valence-corrected chi connectivity index (χ0v) is 9.47. The van der Waals surface area contributed by atoms with Crippen molar-refractivity contribution in [3.8, 4) is 12.3 Å². The number of unbranched alkanes of at least 4 members (excludes halogenated alkanes) is 6. The van der Waals surface area contributed by atoms with Crippen LogP contribution in [0.3, 0.4) is 0 Å². The molecular formula is C13H24O. The zero-order valence-electron chi connectivity index (χ0n) is 9.47. The Hall–Kier alpha value is -0.480. The van der Waals surface area contributed by atoms with Gasteiger partial charge in [0.15, 0.2) is 0 Å². The molecule has 0 rings (SSSR count). The Morgan fingerprint density at radius 1 is 1.07 bits per heavy atom. The van der Waals surface area contributed by atoms with Gasteiger partial charge >= 0.3 is 0 Å². The van der Waals surface area contributed by atoms with Crippen LogP contribution in [-0.4, -0.2) is 11.2 Å². The fourth-order valence-electron chi connectivity index (χ4n) is 1.58. The Morgan fingerprint density at radius 3 is 2.21 bits per heavy atom. The minimum atomic E-state index is -0.268. The Labute approximate surface area is 88.9 Å². The number of rotatable bonds is 9. The molecule has 0 bridgehead atoms. The zero-order chi connectivity index (χ0) is 10.6. The summed E-state index contributed by atoms with van der Waals surface area (Å²) in [5.74, 6) is 2.49. The van der Waals surface area contributed by atoms with Gasteiger partial charge in [-0.2, -0.15) is 0 Å². The lowest BCUT2D eigenvalue weighted by Crippen LogP contribution is -2.04. The number of terminal acetylenes is 1. The third-order valence-corrected chi connectivity index (χ3v) is 2.49. The second-order valence-corrected chi connectivity index (χ2v) is 3.97. The molecule has 0 saturated heterocycles. The lowest BCUT2D eigenvalue weighted by molar-refractivity contribution is 0.166. The van der Waals surface area contributed by atoms with Gasteiger partial charge in [-0.1, -0.05) is 51.9 Å². The van der Waals surface area contributed by atoms with E-state index in [1.54, 1.807) is 0 Å². The molecule has 0 unspecified atom stereocenters. The number of aliphatic hydroxyl groups is 1. The van der Waals surface area contributed by atoms with Crippen molar-refractivity contribution < 1.29 is 5.11 Å². The van der Waals surface area contributed by atoms with Gasteiger partial charge < -0.3 is 5.11 Å². The van der Waals surface area contributed by atoms with Gasteiger partial charge in [0.25, 0.3) is 0 Å². The maximum absolute atomic E-state index is 9.35. The summed E-state index contributed by atoms with van der Waals surface area (Å²) in [4.78, 5) is 0. The van der Waals surface area contributed by atoms with Gasteiger partial charge in [-0.25, -0.2) is 0 Å². The highest BCUT2D eigenvalue weighted by molar-refractivity contribution is 4.86. The average Bonchev–Trinajstić information content (AvgIpc) is 2.17.